The first-order chi connectivity index (χ1) is 18.9. The summed E-state index contributed by atoms with van der Waals surface area (Å²) in [5.74, 6) is 1.90. The monoisotopic (exact) mass is 527 g/mol. The molecule has 2 aromatic carbocycles. The molecule has 8 rings (SSSR count). The van der Waals surface area contributed by atoms with Crippen molar-refractivity contribution in [3.8, 4) is 11.5 Å². The molecule has 1 saturated heterocycles. The second-order valence-corrected chi connectivity index (χ2v) is 12.4. The summed E-state index contributed by atoms with van der Waals surface area (Å²) in [5, 5.41) is 28.2. The Morgan fingerprint density at radius 2 is 2.15 bits per heavy atom. The maximum absolute atomic E-state index is 12.9. The second kappa shape index (κ2) is 8.15. The molecular weight excluding hydrogens is 490 g/mol. The minimum atomic E-state index is -0.980. The van der Waals surface area contributed by atoms with Gasteiger partial charge >= 0.3 is 0 Å². The van der Waals surface area contributed by atoms with E-state index in [4.69, 9.17) is 10.5 Å². The maximum atomic E-state index is 12.9. The first kappa shape index (κ1) is 23.6. The molecule has 2 bridgehead atoms. The fraction of sp³-hybridized carbons (Fsp3) is 0.516. The number of aliphatic hydroxyl groups is 1. The number of rotatable bonds is 6. The number of anilines is 1. The molecule has 8 nitrogen and oxygen atoms in total. The van der Waals surface area contributed by atoms with Crippen LogP contribution in [0.2, 0.25) is 0 Å². The van der Waals surface area contributed by atoms with Crippen molar-refractivity contribution >= 4 is 22.5 Å². The number of nitrogens with two attached hydrogens (primary N) is 1. The number of fused-ring (bicyclic) bond motifs is 4. The summed E-state index contributed by atoms with van der Waals surface area (Å²) in [4.78, 5) is 10.7. The quantitative estimate of drug-likeness (QED) is 0.187. The van der Waals surface area contributed by atoms with Crippen LogP contribution in [0.15, 0.2) is 35.3 Å². The predicted octanol–water partition coefficient (Wildman–Crippen LogP) is 4.10. The molecular formula is C31H37N5O3. The lowest BCUT2D eigenvalue weighted by atomic mass is 9.49. The highest BCUT2D eigenvalue weighted by Crippen LogP contribution is 2.69. The highest BCUT2D eigenvalue weighted by molar-refractivity contribution is 5.96. The van der Waals surface area contributed by atoms with Crippen molar-refractivity contribution in [3.63, 3.8) is 0 Å². The Bertz CT molecular complexity index is 1530. The number of guanidine groups is 1. The van der Waals surface area contributed by atoms with Gasteiger partial charge in [0.1, 0.15) is 0 Å². The second-order valence-electron chi connectivity index (χ2n) is 12.4. The van der Waals surface area contributed by atoms with Gasteiger partial charge in [-0.2, -0.15) is 0 Å². The first-order valence-corrected chi connectivity index (χ1v) is 14.6. The Morgan fingerprint density at radius 3 is 2.97 bits per heavy atom. The van der Waals surface area contributed by atoms with Crippen LogP contribution >= 0.6 is 0 Å². The van der Waals surface area contributed by atoms with Gasteiger partial charge < -0.3 is 31.0 Å². The molecule has 1 spiro atoms. The van der Waals surface area contributed by atoms with E-state index in [2.05, 4.69) is 45.3 Å². The number of aromatic amines is 1. The zero-order chi connectivity index (χ0) is 26.5. The minimum Gasteiger partial charge on any atom is -0.504 e. The molecule has 204 valence electrons. The Balaban J connectivity index is 1.25. The molecule has 0 radical (unpaired) electrons. The average molecular weight is 528 g/mol. The van der Waals surface area contributed by atoms with Crippen LogP contribution in [0.1, 0.15) is 67.5 Å². The fourth-order valence-corrected chi connectivity index (χ4v) is 8.25. The van der Waals surface area contributed by atoms with Crippen LogP contribution in [0.4, 0.5) is 5.69 Å². The summed E-state index contributed by atoms with van der Waals surface area (Å²) < 4.78 is 6.69. The zero-order valence-electron chi connectivity index (χ0n) is 22.5. The van der Waals surface area contributed by atoms with Crippen molar-refractivity contribution in [3.05, 3.63) is 52.7 Å². The smallest absolute Gasteiger partial charge is 0.193 e. The van der Waals surface area contributed by atoms with E-state index in [9.17, 15) is 10.2 Å². The van der Waals surface area contributed by atoms with E-state index in [1.165, 1.54) is 18.4 Å². The summed E-state index contributed by atoms with van der Waals surface area (Å²) in [7, 11) is 0. The number of nitrogens with zero attached hydrogens (tertiary/aromatic N) is 2. The third kappa shape index (κ3) is 3.16. The lowest BCUT2D eigenvalue weighted by Crippen LogP contribution is -2.74. The van der Waals surface area contributed by atoms with Gasteiger partial charge in [-0.15, -0.1) is 0 Å². The van der Waals surface area contributed by atoms with Gasteiger partial charge in [0.2, 0.25) is 0 Å². The lowest BCUT2D eigenvalue weighted by molar-refractivity contribution is -0.173. The van der Waals surface area contributed by atoms with Crippen LogP contribution in [0.5, 0.6) is 11.5 Å². The standard InChI is InChI=1S/C31H37N5O3/c1-2-3-11-33-29(32)34-19-7-8-20-21-15-31(38)24-13-18-6-9-23(37)27-25(18)30(31,10-12-36(24)16-17-4-5-17)28(39-27)26(21)35-22(20)14-19/h6-9,14,17,24,28,35,37-38H,2-5,10-13,15-16H2,1H3,(H3,32,33,34)/t24?,28-,30-,31+/m0/s1. The van der Waals surface area contributed by atoms with Gasteiger partial charge in [-0.1, -0.05) is 25.5 Å². The number of piperidine rings is 1. The number of aromatic nitrogens is 1. The molecule has 3 aromatic rings. The van der Waals surface area contributed by atoms with Gasteiger partial charge in [0.05, 0.1) is 16.7 Å². The summed E-state index contributed by atoms with van der Waals surface area (Å²) >= 11 is 0. The summed E-state index contributed by atoms with van der Waals surface area (Å²) in [6.45, 7) is 4.85. The van der Waals surface area contributed by atoms with E-state index in [0.717, 1.165) is 78.1 Å². The Morgan fingerprint density at radius 1 is 1.28 bits per heavy atom. The number of benzene rings is 2. The molecule has 1 saturated carbocycles. The molecule has 5 aliphatic rings. The number of nitrogens with one attached hydrogen (secondary N) is 2. The van der Waals surface area contributed by atoms with Crippen molar-refractivity contribution in [2.75, 3.05) is 25.0 Å². The van der Waals surface area contributed by atoms with Crippen molar-refractivity contribution in [2.24, 2.45) is 16.6 Å². The minimum absolute atomic E-state index is 0.0270. The number of phenolic OH excluding ortho intramolecular Hbond substituents is 1. The topological polar surface area (TPSA) is 119 Å². The number of aliphatic imine (C=N–C) groups is 1. The molecule has 3 heterocycles. The van der Waals surface area contributed by atoms with E-state index >= 15 is 0 Å². The molecule has 2 aliphatic heterocycles. The summed E-state index contributed by atoms with van der Waals surface area (Å²) in [5.41, 5.74) is 10.8. The van der Waals surface area contributed by atoms with E-state index < -0.39 is 11.0 Å². The SMILES string of the molecule is CCCCN=C(N)Nc1ccc2c3c([nH]c2c1)[C@@H]1Oc2c(O)ccc4c2[C@@]12CCN(CC1CC1)C(C4)[C@]2(O)C3. The van der Waals surface area contributed by atoms with Crippen LogP contribution in [0.3, 0.4) is 0 Å². The molecule has 2 fully saturated rings. The Kier molecular flexibility index (Phi) is 4.94. The van der Waals surface area contributed by atoms with Gasteiger partial charge in [-0.05, 0) is 73.9 Å². The van der Waals surface area contributed by atoms with Crippen molar-refractivity contribution in [2.45, 2.75) is 75.0 Å². The van der Waals surface area contributed by atoms with Crippen LogP contribution in [0.25, 0.3) is 10.9 Å². The molecule has 3 aliphatic carbocycles. The van der Waals surface area contributed by atoms with Gasteiger partial charge in [0.25, 0.3) is 0 Å². The molecule has 6 N–H and O–H groups in total. The summed E-state index contributed by atoms with van der Waals surface area (Å²) in [6, 6.07) is 10.1. The van der Waals surface area contributed by atoms with Gasteiger partial charge in [0, 0.05) is 47.7 Å². The Labute approximate surface area is 228 Å². The highest BCUT2D eigenvalue weighted by Gasteiger charge is 2.72. The lowest BCUT2D eigenvalue weighted by Gasteiger charge is -2.62. The molecule has 0 amide bonds. The third-order valence-corrected chi connectivity index (χ3v) is 10.2. The number of unbranched alkanes of at least 4 members (excludes halogenated alkanes) is 1. The number of H-pyrrole nitrogens is 1. The number of hydrogen-bond donors (Lipinski definition) is 5. The van der Waals surface area contributed by atoms with E-state index in [0.29, 0.717) is 24.7 Å². The predicted molar refractivity (Wildman–Crippen MR) is 152 cm³/mol. The van der Waals surface area contributed by atoms with Gasteiger partial charge in [0.15, 0.2) is 23.6 Å². The molecule has 8 heteroatoms. The normalized spacial score (nSPS) is 30.7. The molecule has 1 aromatic heterocycles. The van der Waals surface area contributed by atoms with E-state index in [1.54, 1.807) is 6.07 Å². The Hall–Kier alpha value is -3.23. The van der Waals surface area contributed by atoms with Gasteiger partial charge in [-0.25, -0.2) is 0 Å². The zero-order valence-corrected chi connectivity index (χ0v) is 22.5. The van der Waals surface area contributed by atoms with Crippen LogP contribution < -0.4 is 15.8 Å². The van der Waals surface area contributed by atoms with Crippen molar-refractivity contribution in [1.29, 1.82) is 0 Å². The van der Waals surface area contributed by atoms with Crippen LogP contribution in [0, 0.1) is 5.92 Å². The number of phenols is 1. The molecule has 1 unspecified atom stereocenters. The van der Waals surface area contributed by atoms with Crippen LogP contribution in [-0.4, -0.2) is 57.3 Å². The highest BCUT2D eigenvalue weighted by atomic mass is 16.5. The number of aromatic hydroxyl groups is 1. The number of hydrogen-bond acceptors (Lipinski definition) is 5. The first-order valence-electron chi connectivity index (χ1n) is 14.6. The van der Waals surface area contributed by atoms with Crippen molar-refractivity contribution in [1.82, 2.24) is 9.88 Å². The van der Waals surface area contributed by atoms with Gasteiger partial charge in [-0.3, -0.25) is 9.89 Å². The third-order valence-electron chi connectivity index (χ3n) is 10.2. The van der Waals surface area contributed by atoms with Crippen LogP contribution in [-0.2, 0) is 18.3 Å². The average Bonchev–Trinajstić information content (AvgIpc) is 3.55. The maximum Gasteiger partial charge on any atom is 0.193 e. The number of ether oxygens (including phenoxy) is 1. The largest absolute Gasteiger partial charge is 0.504 e. The molecule has 39 heavy (non-hydrogen) atoms. The van der Waals surface area contributed by atoms with E-state index in [-0.39, 0.29) is 17.9 Å². The molecule has 4 atom stereocenters. The van der Waals surface area contributed by atoms with E-state index in [1.807, 2.05) is 6.07 Å². The number of likely N-dealkylation sites (tertiary alicyclic amines) is 1. The van der Waals surface area contributed by atoms with Crippen molar-refractivity contribution < 1.29 is 14.9 Å². The summed E-state index contributed by atoms with van der Waals surface area (Å²) in [6.07, 6.45) is 6.47. The fourth-order valence-electron chi connectivity index (χ4n) is 8.25.